The summed E-state index contributed by atoms with van der Waals surface area (Å²) < 4.78 is 5.17. The quantitative estimate of drug-likeness (QED) is 0.916. The summed E-state index contributed by atoms with van der Waals surface area (Å²) in [5.41, 5.74) is 1.36. The van der Waals surface area contributed by atoms with Crippen LogP contribution in [0.2, 0.25) is 0 Å². The van der Waals surface area contributed by atoms with Gasteiger partial charge in [0.1, 0.15) is 5.69 Å². The fraction of sp³-hybridized carbons (Fsp3) is 0.389. The van der Waals surface area contributed by atoms with Gasteiger partial charge in [-0.25, -0.2) is 4.98 Å². The van der Waals surface area contributed by atoms with E-state index in [1.54, 1.807) is 29.3 Å². The molecule has 7 heteroatoms. The minimum Gasteiger partial charge on any atom is -0.459 e. The van der Waals surface area contributed by atoms with Crippen molar-refractivity contribution in [3.63, 3.8) is 0 Å². The molecule has 3 heterocycles. The van der Waals surface area contributed by atoms with E-state index in [9.17, 15) is 9.59 Å². The van der Waals surface area contributed by atoms with Crippen LogP contribution in [-0.2, 0) is 0 Å². The van der Waals surface area contributed by atoms with Gasteiger partial charge in [0, 0.05) is 32.2 Å². The molecule has 0 aliphatic carbocycles. The molecule has 1 aliphatic rings. The lowest BCUT2D eigenvalue weighted by molar-refractivity contribution is 0.0714. The second-order valence-electron chi connectivity index (χ2n) is 6.29. The van der Waals surface area contributed by atoms with Gasteiger partial charge in [-0.3, -0.25) is 9.59 Å². The highest BCUT2D eigenvalue weighted by Crippen LogP contribution is 2.17. The van der Waals surface area contributed by atoms with Crippen molar-refractivity contribution >= 4 is 17.5 Å². The van der Waals surface area contributed by atoms with E-state index in [2.05, 4.69) is 15.2 Å². The number of aromatic nitrogens is 1. The van der Waals surface area contributed by atoms with Gasteiger partial charge in [-0.15, -0.1) is 0 Å². The molecule has 1 fully saturated rings. The summed E-state index contributed by atoms with van der Waals surface area (Å²) >= 11 is 0. The second kappa shape index (κ2) is 7.38. The number of hydrogen-bond donors (Lipinski definition) is 1. The molecule has 0 unspecified atom stereocenters. The predicted molar refractivity (Wildman–Crippen MR) is 93.7 cm³/mol. The number of nitrogens with zero attached hydrogens (tertiary/aromatic N) is 3. The van der Waals surface area contributed by atoms with Gasteiger partial charge in [0.15, 0.2) is 5.76 Å². The summed E-state index contributed by atoms with van der Waals surface area (Å²) in [4.78, 5) is 32.4. The fourth-order valence-electron chi connectivity index (χ4n) is 2.77. The molecule has 3 rings (SSSR count). The van der Waals surface area contributed by atoms with Crippen LogP contribution in [0.1, 0.15) is 34.9 Å². The number of nitrogens with one attached hydrogen (secondary N) is 1. The van der Waals surface area contributed by atoms with Gasteiger partial charge in [0.2, 0.25) is 0 Å². The van der Waals surface area contributed by atoms with Crippen molar-refractivity contribution in [2.24, 2.45) is 0 Å². The number of anilines is 1. The fourth-order valence-corrected chi connectivity index (χ4v) is 2.77. The van der Waals surface area contributed by atoms with Gasteiger partial charge >= 0.3 is 0 Å². The van der Waals surface area contributed by atoms with Gasteiger partial charge in [0.25, 0.3) is 11.8 Å². The summed E-state index contributed by atoms with van der Waals surface area (Å²) in [6.45, 7) is 6.49. The molecule has 1 N–H and O–H groups in total. The van der Waals surface area contributed by atoms with Gasteiger partial charge in [0.05, 0.1) is 18.1 Å². The third-order valence-electron chi connectivity index (χ3n) is 4.06. The summed E-state index contributed by atoms with van der Waals surface area (Å²) in [7, 11) is 0. The first-order valence-electron chi connectivity index (χ1n) is 8.39. The molecule has 2 amide bonds. The number of carbonyl (C=O) groups is 2. The molecule has 2 aromatic heterocycles. The number of amides is 2. The normalized spacial score (nSPS) is 14.7. The van der Waals surface area contributed by atoms with Gasteiger partial charge in [-0.05, 0) is 38.1 Å². The minimum atomic E-state index is -0.171. The average Bonchev–Trinajstić information content (AvgIpc) is 3.15. The summed E-state index contributed by atoms with van der Waals surface area (Å²) in [6, 6.07) is 7.10. The second-order valence-corrected chi connectivity index (χ2v) is 6.29. The first-order valence-corrected chi connectivity index (χ1v) is 8.39. The van der Waals surface area contributed by atoms with Crippen LogP contribution in [0.3, 0.4) is 0 Å². The first kappa shape index (κ1) is 17.0. The third-order valence-corrected chi connectivity index (χ3v) is 4.06. The molecule has 0 saturated carbocycles. The Labute approximate surface area is 146 Å². The molecule has 7 nitrogen and oxygen atoms in total. The molecule has 0 radical (unpaired) electrons. The third kappa shape index (κ3) is 3.99. The number of pyridine rings is 1. The van der Waals surface area contributed by atoms with Crippen LogP contribution in [0.4, 0.5) is 5.69 Å². The maximum absolute atomic E-state index is 12.3. The topological polar surface area (TPSA) is 78.7 Å². The lowest BCUT2D eigenvalue weighted by Crippen LogP contribution is -2.48. The molecule has 1 aliphatic heterocycles. The van der Waals surface area contributed by atoms with Crippen molar-refractivity contribution < 1.29 is 14.0 Å². The molecule has 2 aromatic rings. The van der Waals surface area contributed by atoms with E-state index in [0.717, 1.165) is 5.69 Å². The SMILES string of the molecule is CC(C)NC(=O)c1ccc(N2CCN(C(=O)c3ccco3)CC2)cn1. The Hall–Kier alpha value is -2.83. The van der Waals surface area contributed by atoms with E-state index < -0.39 is 0 Å². The highest BCUT2D eigenvalue weighted by Gasteiger charge is 2.24. The Morgan fingerprint density at radius 3 is 2.48 bits per heavy atom. The average molecular weight is 342 g/mol. The highest BCUT2D eigenvalue weighted by atomic mass is 16.3. The van der Waals surface area contributed by atoms with Crippen LogP contribution in [0.25, 0.3) is 0 Å². The molecule has 0 aromatic carbocycles. The first-order chi connectivity index (χ1) is 12.0. The number of rotatable bonds is 4. The predicted octanol–water partition coefficient (Wildman–Crippen LogP) is 1.78. The van der Waals surface area contributed by atoms with Crippen LogP contribution >= 0.6 is 0 Å². The van der Waals surface area contributed by atoms with Crippen LogP contribution < -0.4 is 10.2 Å². The van der Waals surface area contributed by atoms with E-state index in [1.165, 1.54) is 6.26 Å². The van der Waals surface area contributed by atoms with Gasteiger partial charge < -0.3 is 19.5 Å². The lowest BCUT2D eigenvalue weighted by Gasteiger charge is -2.35. The molecule has 0 atom stereocenters. The minimum absolute atomic E-state index is 0.0775. The molecule has 0 spiro atoms. The Morgan fingerprint density at radius 2 is 1.92 bits per heavy atom. The van der Waals surface area contributed by atoms with Crippen molar-refractivity contribution in [2.45, 2.75) is 19.9 Å². The van der Waals surface area contributed by atoms with Crippen molar-refractivity contribution in [1.29, 1.82) is 0 Å². The van der Waals surface area contributed by atoms with Crippen molar-refractivity contribution in [3.8, 4) is 0 Å². The zero-order valence-corrected chi connectivity index (χ0v) is 14.4. The molecule has 25 heavy (non-hydrogen) atoms. The van der Waals surface area contributed by atoms with Crippen LogP contribution in [-0.4, -0.2) is 53.9 Å². The van der Waals surface area contributed by atoms with Gasteiger partial charge in [-0.1, -0.05) is 0 Å². The van der Waals surface area contributed by atoms with Crippen LogP contribution in [0, 0.1) is 0 Å². The Balaban J connectivity index is 1.58. The molecular formula is C18H22N4O3. The molecule has 132 valence electrons. The van der Waals surface area contributed by atoms with Crippen LogP contribution in [0.15, 0.2) is 41.1 Å². The Kier molecular flexibility index (Phi) is 5.02. The summed E-state index contributed by atoms with van der Waals surface area (Å²) in [5, 5.41) is 2.82. The zero-order chi connectivity index (χ0) is 17.8. The molecule has 1 saturated heterocycles. The molecule has 0 bridgehead atoms. The smallest absolute Gasteiger partial charge is 0.289 e. The van der Waals surface area contributed by atoms with E-state index >= 15 is 0 Å². The lowest BCUT2D eigenvalue weighted by atomic mass is 10.2. The van der Waals surface area contributed by atoms with Crippen LogP contribution in [0.5, 0.6) is 0 Å². The van der Waals surface area contributed by atoms with Crippen molar-refractivity contribution in [2.75, 3.05) is 31.1 Å². The number of carbonyl (C=O) groups excluding carboxylic acids is 2. The maximum Gasteiger partial charge on any atom is 0.289 e. The Morgan fingerprint density at radius 1 is 1.16 bits per heavy atom. The largest absolute Gasteiger partial charge is 0.459 e. The number of furan rings is 1. The summed E-state index contributed by atoms with van der Waals surface area (Å²) in [5.74, 6) is 0.120. The summed E-state index contributed by atoms with van der Waals surface area (Å²) in [6.07, 6.45) is 3.21. The van der Waals surface area contributed by atoms with Gasteiger partial charge in [-0.2, -0.15) is 0 Å². The van der Waals surface area contributed by atoms with E-state index in [0.29, 0.717) is 37.6 Å². The number of piperazine rings is 1. The number of hydrogen-bond acceptors (Lipinski definition) is 5. The molecular weight excluding hydrogens is 320 g/mol. The standard InChI is InChI=1S/C18H22N4O3/c1-13(2)20-17(23)15-6-5-14(12-19-15)21-7-9-22(10-8-21)18(24)16-4-3-11-25-16/h3-6,11-13H,7-10H2,1-2H3,(H,20,23). The monoisotopic (exact) mass is 342 g/mol. The van der Waals surface area contributed by atoms with Crippen molar-refractivity contribution in [1.82, 2.24) is 15.2 Å². The Bertz CT molecular complexity index is 717. The van der Waals surface area contributed by atoms with E-state index in [-0.39, 0.29) is 17.9 Å². The maximum atomic E-state index is 12.3. The van der Waals surface area contributed by atoms with E-state index in [4.69, 9.17) is 4.42 Å². The highest BCUT2D eigenvalue weighted by molar-refractivity contribution is 5.92. The van der Waals surface area contributed by atoms with Crippen molar-refractivity contribution in [3.05, 3.63) is 48.2 Å². The van der Waals surface area contributed by atoms with E-state index in [1.807, 2.05) is 19.9 Å². The zero-order valence-electron chi connectivity index (χ0n) is 14.4.